The fourth-order valence-corrected chi connectivity index (χ4v) is 1.92. The van der Waals surface area contributed by atoms with Gasteiger partial charge >= 0.3 is 0 Å². The van der Waals surface area contributed by atoms with Gasteiger partial charge in [-0.15, -0.1) is 0 Å². The molecule has 1 aliphatic rings. The Kier molecular flexibility index (Phi) is 2.20. The van der Waals surface area contributed by atoms with Crippen LogP contribution in [0, 0.1) is 11.3 Å². The molecule has 17 heavy (non-hydrogen) atoms. The Morgan fingerprint density at radius 2 is 1.59 bits per heavy atom. The van der Waals surface area contributed by atoms with Crippen LogP contribution in [0.1, 0.15) is 5.56 Å². The molecule has 1 heterocycles. The summed E-state index contributed by atoms with van der Waals surface area (Å²) in [4.78, 5) is 0. The van der Waals surface area contributed by atoms with Crippen molar-refractivity contribution in [1.82, 2.24) is 0 Å². The van der Waals surface area contributed by atoms with Crippen molar-refractivity contribution in [3.63, 3.8) is 0 Å². The average molecular weight is 221 g/mol. The number of benzene rings is 2. The Morgan fingerprint density at radius 1 is 0.882 bits per heavy atom. The Morgan fingerprint density at radius 3 is 2.35 bits per heavy atom. The van der Waals surface area contributed by atoms with Crippen molar-refractivity contribution in [2.75, 3.05) is 16.7 Å². The van der Waals surface area contributed by atoms with E-state index in [1.54, 1.807) is 0 Å². The van der Waals surface area contributed by atoms with E-state index in [0.29, 0.717) is 5.56 Å². The van der Waals surface area contributed by atoms with Gasteiger partial charge in [-0.1, -0.05) is 30.3 Å². The molecule has 3 heteroatoms. The summed E-state index contributed by atoms with van der Waals surface area (Å²) in [5.74, 6) is 0. The Labute approximate surface area is 100 Å². The van der Waals surface area contributed by atoms with Gasteiger partial charge in [0, 0.05) is 0 Å². The van der Waals surface area contributed by atoms with Crippen LogP contribution < -0.4 is 10.0 Å². The van der Waals surface area contributed by atoms with Crippen molar-refractivity contribution in [2.45, 2.75) is 0 Å². The quantitative estimate of drug-likeness (QED) is 0.730. The van der Waals surface area contributed by atoms with Crippen molar-refractivity contribution in [1.29, 1.82) is 5.26 Å². The molecule has 0 aliphatic carbocycles. The number of nitriles is 1. The summed E-state index contributed by atoms with van der Waals surface area (Å²) in [6, 6.07) is 20.0. The standard InChI is InChI=1S/C14H11N3/c15-10-12-6-4-5-9-14(12)17-11-16(17)13-7-2-1-3-8-13/h1-9H,11H2. The molecule has 1 fully saturated rings. The lowest BCUT2D eigenvalue weighted by Gasteiger charge is -2.08. The first-order valence-corrected chi connectivity index (χ1v) is 5.49. The van der Waals surface area contributed by atoms with E-state index in [-0.39, 0.29) is 0 Å². The van der Waals surface area contributed by atoms with Crippen LogP contribution in [0.15, 0.2) is 54.6 Å². The van der Waals surface area contributed by atoms with E-state index in [9.17, 15) is 0 Å². The third-order valence-corrected chi connectivity index (χ3v) is 2.83. The molecule has 2 aromatic rings. The van der Waals surface area contributed by atoms with E-state index in [0.717, 1.165) is 18.0 Å². The summed E-state index contributed by atoms with van der Waals surface area (Å²) in [5, 5.41) is 13.3. The molecule has 0 aromatic heterocycles. The number of hydrazine groups is 1. The lowest BCUT2D eigenvalue weighted by Crippen LogP contribution is -2.04. The predicted molar refractivity (Wildman–Crippen MR) is 67.4 cm³/mol. The van der Waals surface area contributed by atoms with Crippen molar-refractivity contribution >= 4 is 11.4 Å². The minimum absolute atomic E-state index is 0.714. The fraction of sp³-hybridized carbons (Fsp3) is 0.0714. The summed E-state index contributed by atoms with van der Waals surface area (Å²) in [5.41, 5.74) is 2.84. The monoisotopic (exact) mass is 221 g/mol. The van der Waals surface area contributed by atoms with Gasteiger partial charge in [-0.2, -0.15) is 5.26 Å². The van der Waals surface area contributed by atoms with E-state index in [1.807, 2.05) is 42.5 Å². The molecule has 82 valence electrons. The van der Waals surface area contributed by atoms with Crippen molar-refractivity contribution in [2.24, 2.45) is 0 Å². The molecule has 0 bridgehead atoms. The molecular weight excluding hydrogens is 210 g/mol. The summed E-state index contributed by atoms with van der Waals surface area (Å²) in [6.07, 6.45) is 0. The first kappa shape index (κ1) is 9.73. The van der Waals surface area contributed by atoms with Crippen LogP contribution in [0.3, 0.4) is 0 Å². The zero-order valence-corrected chi connectivity index (χ0v) is 9.24. The van der Waals surface area contributed by atoms with Crippen LogP contribution in [0.25, 0.3) is 0 Å². The average Bonchev–Trinajstić information content (AvgIpc) is 3.20. The molecule has 3 rings (SSSR count). The molecule has 0 atom stereocenters. The van der Waals surface area contributed by atoms with Crippen molar-refractivity contribution in [3.8, 4) is 6.07 Å². The third kappa shape index (κ3) is 1.70. The lowest BCUT2D eigenvalue weighted by molar-refractivity contribution is 1.29. The smallest absolute Gasteiger partial charge is 0.130 e. The Bertz CT molecular complexity index is 572. The first-order chi connectivity index (χ1) is 8.40. The Hall–Kier alpha value is -2.47. The van der Waals surface area contributed by atoms with Crippen LogP contribution in [0.5, 0.6) is 0 Å². The molecule has 0 radical (unpaired) electrons. The SMILES string of the molecule is N#Cc1ccccc1N1CN1c1ccccc1. The molecule has 0 unspecified atom stereocenters. The van der Waals surface area contributed by atoms with Crippen LogP contribution in [-0.2, 0) is 0 Å². The highest BCUT2D eigenvalue weighted by molar-refractivity contribution is 5.70. The van der Waals surface area contributed by atoms with Crippen LogP contribution in [-0.4, -0.2) is 6.67 Å². The minimum atomic E-state index is 0.714. The highest BCUT2D eigenvalue weighted by atomic mass is 15.8. The van der Waals surface area contributed by atoms with Crippen molar-refractivity contribution in [3.05, 3.63) is 60.2 Å². The summed E-state index contributed by atoms with van der Waals surface area (Å²) in [6.45, 7) is 0.836. The number of rotatable bonds is 2. The molecule has 0 N–H and O–H groups in total. The molecule has 2 aromatic carbocycles. The van der Waals surface area contributed by atoms with E-state index in [1.165, 1.54) is 0 Å². The zero-order chi connectivity index (χ0) is 11.7. The maximum Gasteiger partial charge on any atom is 0.130 e. The first-order valence-electron chi connectivity index (χ1n) is 5.49. The zero-order valence-electron chi connectivity index (χ0n) is 9.24. The highest BCUT2D eigenvalue weighted by Gasteiger charge is 2.32. The topological polar surface area (TPSA) is 29.8 Å². The van der Waals surface area contributed by atoms with Crippen LogP contribution in [0.2, 0.25) is 0 Å². The molecular formula is C14H11N3. The number of hydrogen-bond donors (Lipinski definition) is 0. The number of para-hydroxylation sites is 2. The van der Waals surface area contributed by atoms with E-state index in [4.69, 9.17) is 5.26 Å². The number of anilines is 2. The maximum absolute atomic E-state index is 9.06. The minimum Gasteiger partial charge on any atom is -0.262 e. The van der Waals surface area contributed by atoms with Gasteiger partial charge in [-0.05, 0) is 24.3 Å². The van der Waals surface area contributed by atoms with Crippen LogP contribution in [0.4, 0.5) is 11.4 Å². The van der Waals surface area contributed by atoms with Crippen LogP contribution >= 0.6 is 0 Å². The van der Waals surface area contributed by atoms with E-state index < -0.39 is 0 Å². The second-order valence-electron chi connectivity index (χ2n) is 3.90. The number of nitrogens with zero attached hydrogens (tertiary/aromatic N) is 3. The van der Waals surface area contributed by atoms with E-state index in [2.05, 4.69) is 28.2 Å². The van der Waals surface area contributed by atoms with Gasteiger partial charge in [0.25, 0.3) is 0 Å². The van der Waals surface area contributed by atoms with Gasteiger partial charge in [-0.25, -0.2) is 0 Å². The number of hydrogen-bond acceptors (Lipinski definition) is 3. The largest absolute Gasteiger partial charge is 0.262 e. The predicted octanol–water partition coefficient (Wildman–Crippen LogP) is 2.76. The summed E-state index contributed by atoms with van der Waals surface area (Å²) >= 11 is 0. The van der Waals surface area contributed by atoms with Gasteiger partial charge in [0.05, 0.1) is 16.9 Å². The van der Waals surface area contributed by atoms with Gasteiger partial charge in [-0.3, -0.25) is 10.0 Å². The Balaban J connectivity index is 1.88. The second-order valence-corrected chi connectivity index (χ2v) is 3.90. The molecule has 0 spiro atoms. The lowest BCUT2D eigenvalue weighted by atomic mass is 10.2. The second kappa shape index (κ2) is 3.84. The molecule has 1 aliphatic heterocycles. The maximum atomic E-state index is 9.06. The van der Waals surface area contributed by atoms with Gasteiger partial charge in [0.2, 0.25) is 0 Å². The van der Waals surface area contributed by atoms with E-state index >= 15 is 0 Å². The van der Waals surface area contributed by atoms with Crippen molar-refractivity contribution < 1.29 is 0 Å². The fourth-order valence-electron chi connectivity index (χ4n) is 1.92. The van der Waals surface area contributed by atoms with Gasteiger partial charge in [0.1, 0.15) is 12.7 Å². The third-order valence-electron chi connectivity index (χ3n) is 2.83. The highest BCUT2D eigenvalue weighted by Crippen LogP contribution is 2.33. The molecule has 0 saturated carbocycles. The normalized spacial score (nSPS) is 13.4. The molecule has 3 nitrogen and oxygen atoms in total. The molecule has 0 amide bonds. The summed E-state index contributed by atoms with van der Waals surface area (Å²) in [7, 11) is 0. The van der Waals surface area contributed by atoms with Gasteiger partial charge < -0.3 is 0 Å². The summed E-state index contributed by atoms with van der Waals surface area (Å²) < 4.78 is 0. The molecule has 1 saturated heterocycles. The van der Waals surface area contributed by atoms with Gasteiger partial charge in [0.15, 0.2) is 0 Å².